The van der Waals surface area contributed by atoms with Gasteiger partial charge in [-0.05, 0) is 25.1 Å². The molecular weight excluding hydrogens is 356 g/mol. The quantitative estimate of drug-likeness (QED) is 0.677. The van der Waals surface area contributed by atoms with E-state index in [2.05, 4.69) is 25.5 Å². The largest absolute Gasteiger partial charge is 0.301 e. The number of thiazole rings is 1. The topological polar surface area (TPSA) is 83.6 Å². The molecule has 0 fully saturated rings. The van der Waals surface area contributed by atoms with Crippen LogP contribution in [0.15, 0.2) is 28.7 Å². The van der Waals surface area contributed by atoms with Crippen molar-refractivity contribution in [3.63, 3.8) is 0 Å². The van der Waals surface area contributed by atoms with E-state index in [1.807, 2.05) is 0 Å². The van der Waals surface area contributed by atoms with Gasteiger partial charge in [-0.25, -0.2) is 18.7 Å². The molecule has 3 aromatic rings. The number of aromatic amines is 1. The van der Waals surface area contributed by atoms with Crippen molar-refractivity contribution in [3.8, 4) is 11.3 Å². The fourth-order valence-corrected chi connectivity index (χ4v) is 3.19. The summed E-state index contributed by atoms with van der Waals surface area (Å²) in [6, 6.07) is 3.14. The van der Waals surface area contributed by atoms with Crippen LogP contribution in [0.1, 0.15) is 5.82 Å². The zero-order valence-corrected chi connectivity index (χ0v) is 14.0. The predicted octanol–water partition coefficient (Wildman–Crippen LogP) is 3.25. The number of nitrogens with zero attached hydrogens (tertiary/aromatic N) is 3. The highest BCUT2D eigenvalue weighted by Gasteiger charge is 2.13. The van der Waals surface area contributed by atoms with Crippen LogP contribution in [0.4, 0.5) is 13.9 Å². The van der Waals surface area contributed by atoms with Gasteiger partial charge >= 0.3 is 0 Å². The lowest BCUT2D eigenvalue weighted by molar-refractivity contribution is -0.113. The lowest BCUT2D eigenvalue weighted by atomic mass is 10.1. The summed E-state index contributed by atoms with van der Waals surface area (Å²) < 4.78 is 27.0. The zero-order chi connectivity index (χ0) is 17.1. The van der Waals surface area contributed by atoms with Crippen molar-refractivity contribution in [3.05, 3.63) is 41.0 Å². The number of aromatic nitrogens is 4. The molecule has 124 valence electrons. The number of hydrogen-bond donors (Lipinski definition) is 2. The number of amides is 1. The summed E-state index contributed by atoms with van der Waals surface area (Å²) in [6.07, 6.45) is 0. The summed E-state index contributed by atoms with van der Waals surface area (Å²) in [5.74, 6) is -0.637. The molecule has 2 heterocycles. The molecule has 0 saturated carbocycles. The molecule has 0 aliphatic rings. The Kier molecular flexibility index (Phi) is 4.86. The summed E-state index contributed by atoms with van der Waals surface area (Å²) >= 11 is 2.31. The fourth-order valence-electron chi connectivity index (χ4n) is 1.82. The molecule has 2 aromatic heterocycles. The van der Waals surface area contributed by atoms with Gasteiger partial charge in [-0.2, -0.15) is 0 Å². The van der Waals surface area contributed by atoms with Gasteiger partial charge in [-0.3, -0.25) is 9.89 Å². The van der Waals surface area contributed by atoms with Crippen molar-refractivity contribution in [2.24, 2.45) is 0 Å². The second kappa shape index (κ2) is 7.05. The van der Waals surface area contributed by atoms with E-state index in [9.17, 15) is 13.6 Å². The molecule has 0 bridgehead atoms. The first-order chi connectivity index (χ1) is 11.5. The molecule has 0 aliphatic carbocycles. The second-order valence-corrected chi connectivity index (χ2v) is 6.50. The summed E-state index contributed by atoms with van der Waals surface area (Å²) in [6.45, 7) is 1.76. The minimum Gasteiger partial charge on any atom is -0.301 e. The zero-order valence-electron chi connectivity index (χ0n) is 12.3. The Labute approximate surface area is 143 Å². The smallest absolute Gasteiger partial charge is 0.236 e. The first kappa shape index (κ1) is 16.5. The van der Waals surface area contributed by atoms with E-state index in [1.165, 1.54) is 11.8 Å². The number of halogens is 2. The molecule has 0 aliphatic heterocycles. The third-order valence-corrected chi connectivity index (χ3v) is 4.47. The van der Waals surface area contributed by atoms with E-state index in [0.717, 1.165) is 29.5 Å². The maximum atomic E-state index is 13.7. The molecular formula is C14H11F2N5OS2. The molecule has 1 amide bonds. The molecule has 0 radical (unpaired) electrons. The Hall–Kier alpha value is -2.33. The highest BCUT2D eigenvalue weighted by Crippen LogP contribution is 2.27. The van der Waals surface area contributed by atoms with E-state index < -0.39 is 11.6 Å². The van der Waals surface area contributed by atoms with Crippen molar-refractivity contribution in [2.45, 2.75) is 12.1 Å². The Morgan fingerprint density at radius 3 is 2.96 bits per heavy atom. The highest BCUT2D eigenvalue weighted by atomic mass is 32.2. The van der Waals surface area contributed by atoms with Crippen LogP contribution in [0.3, 0.4) is 0 Å². The lowest BCUT2D eigenvalue weighted by Crippen LogP contribution is -2.13. The van der Waals surface area contributed by atoms with E-state index in [0.29, 0.717) is 16.1 Å². The number of aryl methyl sites for hydroxylation is 1. The number of benzene rings is 1. The molecule has 24 heavy (non-hydrogen) atoms. The second-order valence-electron chi connectivity index (χ2n) is 4.70. The first-order valence-electron chi connectivity index (χ1n) is 6.74. The van der Waals surface area contributed by atoms with E-state index in [-0.39, 0.29) is 22.9 Å². The van der Waals surface area contributed by atoms with Gasteiger partial charge in [-0.15, -0.1) is 16.4 Å². The number of carbonyl (C=O) groups excluding carboxylic acids is 1. The summed E-state index contributed by atoms with van der Waals surface area (Å²) in [5, 5.41) is 11.5. The molecule has 6 nitrogen and oxygen atoms in total. The normalized spacial score (nSPS) is 10.8. The van der Waals surface area contributed by atoms with Crippen LogP contribution < -0.4 is 5.32 Å². The van der Waals surface area contributed by atoms with Crippen LogP contribution in [-0.4, -0.2) is 31.8 Å². The minimum atomic E-state index is -0.574. The van der Waals surface area contributed by atoms with E-state index in [4.69, 9.17) is 0 Å². The van der Waals surface area contributed by atoms with Gasteiger partial charge in [0.25, 0.3) is 0 Å². The standard InChI is InChI=1S/C14H11F2N5OS2/c1-7-17-14(21-20-7)24-6-12(22)19-13-18-11(5-23-13)9-4-8(15)2-3-10(9)16/h2-5H,6H2,1H3,(H,17,20,21)(H,18,19,22). The van der Waals surface area contributed by atoms with Crippen molar-refractivity contribution in [2.75, 3.05) is 11.1 Å². The number of carbonyl (C=O) groups is 1. The van der Waals surface area contributed by atoms with Crippen LogP contribution >= 0.6 is 23.1 Å². The molecule has 2 N–H and O–H groups in total. The SMILES string of the molecule is Cc1nc(SCC(=O)Nc2nc(-c3cc(F)ccc3F)cs2)n[nH]1. The Balaban J connectivity index is 1.63. The van der Waals surface area contributed by atoms with E-state index in [1.54, 1.807) is 12.3 Å². The summed E-state index contributed by atoms with van der Waals surface area (Å²) in [4.78, 5) is 20.1. The third kappa shape index (κ3) is 3.95. The molecule has 0 spiro atoms. The average Bonchev–Trinajstić information content (AvgIpc) is 3.17. The average molecular weight is 367 g/mol. The molecule has 0 unspecified atom stereocenters. The highest BCUT2D eigenvalue weighted by molar-refractivity contribution is 7.99. The van der Waals surface area contributed by atoms with Gasteiger partial charge in [-0.1, -0.05) is 11.8 Å². The Morgan fingerprint density at radius 1 is 1.38 bits per heavy atom. The third-order valence-electron chi connectivity index (χ3n) is 2.86. The van der Waals surface area contributed by atoms with Crippen LogP contribution in [0, 0.1) is 18.6 Å². The number of anilines is 1. The van der Waals surface area contributed by atoms with Gasteiger partial charge in [0.05, 0.1) is 11.4 Å². The monoisotopic (exact) mass is 367 g/mol. The number of hydrogen-bond acceptors (Lipinski definition) is 6. The molecule has 10 heteroatoms. The van der Waals surface area contributed by atoms with Gasteiger partial charge < -0.3 is 5.32 Å². The van der Waals surface area contributed by atoms with Crippen molar-refractivity contribution in [1.82, 2.24) is 20.2 Å². The van der Waals surface area contributed by atoms with Gasteiger partial charge in [0.1, 0.15) is 17.5 Å². The van der Waals surface area contributed by atoms with Crippen LogP contribution in [-0.2, 0) is 4.79 Å². The molecule has 1 aromatic carbocycles. The molecule has 0 atom stereocenters. The first-order valence-corrected chi connectivity index (χ1v) is 8.60. The summed E-state index contributed by atoms with van der Waals surface area (Å²) in [7, 11) is 0. The maximum absolute atomic E-state index is 13.7. The predicted molar refractivity (Wildman–Crippen MR) is 87.9 cm³/mol. The Bertz CT molecular complexity index is 880. The van der Waals surface area contributed by atoms with Gasteiger partial charge in [0, 0.05) is 10.9 Å². The van der Waals surface area contributed by atoms with Crippen LogP contribution in [0.5, 0.6) is 0 Å². The van der Waals surface area contributed by atoms with Gasteiger partial charge in [0.2, 0.25) is 11.1 Å². The number of rotatable bonds is 5. The van der Waals surface area contributed by atoms with Crippen molar-refractivity contribution >= 4 is 34.1 Å². The minimum absolute atomic E-state index is 0.0531. The summed E-state index contributed by atoms with van der Waals surface area (Å²) in [5.41, 5.74) is 0.321. The number of thioether (sulfide) groups is 1. The molecule has 3 rings (SSSR count). The van der Waals surface area contributed by atoms with Crippen LogP contribution in [0.25, 0.3) is 11.3 Å². The van der Waals surface area contributed by atoms with E-state index >= 15 is 0 Å². The lowest BCUT2D eigenvalue weighted by Gasteiger charge is -2.00. The number of H-pyrrole nitrogens is 1. The Morgan fingerprint density at radius 2 is 2.21 bits per heavy atom. The molecule has 0 saturated heterocycles. The van der Waals surface area contributed by atoms with Crippen molar-refractivity contribution in [1.29, 1.82) is 0 Å². The van der Waals surface area contributed by atoms with Gasteiger partial charge in [0.15, 0.2) is 5.13 Å². The maximum Gasteiger partial charge on any atom is 0.236 e. The fraction of sp³-hybridized carbons (Fsp3) is 0.143. The van der Waals surface area contributed by atoms with Crippen molar-refractivity contribution < 1.29 is 13.6 Å². The van der Waals surface area contributed by atoms with Crippen LogP contribution in [0.2, 0.25) is 0 Å². The number of nitrogens with one attached hydrogen (secondary N) is 2.